The molecule has 0 unspecified atom stereocenters. The Hall–Kier alpha value is -1.75. The van der Waals surface area contributed by atoms with Gasteiger partial charge in [0.25, 0.3) is 0 Å². The van der Waals surface area contributed by atoms with Gasteiger partial charge in [-0.15, -0.1) is 0 Å². The van der Waals surface area contributed by atoms with Crippen molar-refractivity contribution in [1.29, 1.82) is 0 Å². The minimum atomic E-state index is -0.474. The Morgan fingerprint density at radius 2 is 2.05 bits per heavy atom. The van der Waals surface area contributed by atoms with Crippen LogP contribution in [-0.2, 0) is 24.2 Å². The fraction of sp³-hybridized carbons (Fsp3) is 0.562. The van der Waals surface area contributed by atoms with Crippen LogP contribution in [0.5, 0.6) is 5.75 Å². The van der Waals surface area contributed by atoms with Gasteiger partial charge in [-0.25, -0.2) is 4.79 Å². The Bertz CT molecular complexity index is 535. The van der Waals surface area contributed by atoms with E-state index < -0.39 is 5.60 Å². The van der Waals surface area contributed by atoms with E-state index in [4.69, 9.17) is 15.2 Å². The Kier molecular flexibility index (Phi) is 4.42. The van der Waals surface area contributed by atoms with Gasteiger partial charge in [-0.05, 0) is 44.4 Å². The molecule has 1 heterocycles. The van der Waals surface area contributed by atoms with E-state index in [1.54, 1.807) is 12.0 Å². The van der Waals surface area contributed by atoms with E-state index in [9.17, 15) is 4.79 Å². The molecule has 0 saturated heterocycles. The molecular weight excluding hydrogens is 268 g/mol. The SMILES string of the molecule is COc1cc2c(cc1CN)CCN(C(=O)OC(C)(C)C)C2. The van der Waals surface area contributed by atoms with Crippen LogP contribution in [0.3, 0.4) is 0 Å². The molecule has 0 radical (unpaired) electrons. The molecule has 1 aromatic rings. The first-order valence-electron chi connectivity index (χ1n) is 7.20. The molecule has 1 aliphatic rings. The summed E-state index contributed by atoms with van der Waals surface area (Å²) in [7, 11) is 1.63. The van der Waals surface area contributed by atoms with Crippen LogP contribution in [0.25, 0.3) is 0 Å². The van der Waals surface area contributed by atoms with Crippen molar-refractivity contribution in [2.24, 2.45) is 5.73 Å². The molecule has 1 aliphatic heterocycles. The van der Waals surface area contributed by atoms with Gasteiger partial charge in [0.2, 0.25) is 0 Å². The van der Waals surface area contributed by atoms with Crippen LogP contribution in [0.4, 0.5) is 4.79 Å². The molecule has 0 saturated carbocycles. The number of benzene rings is 1. The van der Waals surface area contributed by atoms with Crippen molar-refractivity contribution in [3.8, 4) is 5.75 Å². The zero-order valence-corrected chi connectivity index (χ0v) is 13.2. The van der Waals surface area contributed by atoms with Gasteiger partial charge in [0, 0.05) is 25.2 Å². The number of nitrogens with two attached hydrogens (primary N) is 1. The second-order valence-electron chi connectivity index (χ2n) is 6.29. The summed E-state index contributed by atoms with van der Waals surface area (Å²) in [5, 5.41) is 0. The van der Waals surface area contributed by atoms with Crippen LogP contribution in [0, 0.1) is 0 Å². The minimum absolute atomic E-state index is 0.269. The van der Waals surface area contributed by atoms with E-state index in [-0.39, 0.29) is 6.09 Å². The highest BCUT2D eigenvalue weighted by Crippen LogP contribution is 2.28. The van der Waals surface area contributed by atoms with Crippen LogP contribution in [0.15, 0.2) is 12.1 Å². The normalized spacial score (nSPS) is 14.6. The van der Waals surface area contributed by atoms with Gasteiger partial charge in [-0.2, -0.15) is 0 Å². The van der Waals surface area contributed by atoms with Gasteiger partial charge in [0.1, 0.15) is 11.4 Å². The summed E-state index contributed by atoms with van der Waals surface area (Å²) >= 11 is 0. The third kappa shape index (κ3) is 3.67. The molecule has 21 heavy (non-hydrogen) atoms. The van der Waals surface area contributed by atoms with Crippen LogP contribution >= 0.6 is 0 Å². The number of hydrogen-bond acceptors (Lipinski definition) is 4. The summed E-state index contributed by atoms with van der Waals surface area (Å²) in [5.41, 5.74) is 8.60. The van der Waals surface area contributed by atoms with Crippen molar-refractivity contribution in [1.82, 2.24) is 4.90 Å². The number of rotatable bonds is 2. The maximum absolute atomic E-state index is 12.2. The van der Waals surface area contributed by atoms with Gasteiger partial charge in [-0.1, -0.05) is 6.07 Å². The second kappa shape index (κ2) is 5.93. The predicted octanol–water partition coefficient (Wildman–Crippen LogP) is 2.45. The first-order valence-corrected chi connectivity index (χ1v) is 7.20. The van der Waals surface area contributed by atoms with Gasteiger partial charge >= 0.3 is 6.09 Å². The maximum Gasteiger partial charge on any atom is 0.410 e. The van der Waals surface area contributed by atoms with Gasteiger partial charge in [0.05, 0.1) is 7.11 Å². The van der Waals surface area contributed by atoms with E-state index in [0.29, 0.717) is 19.6 Å². The summed E-state index contributed by atoms with van der Waals surface area (Å²) in [6, 6.07) is 4.06. The molecule has 5 nitrogen and oxygen atoms in total. The Morgan fingerprint density at radius 3 is 2.62 bits per heavy atom. The molecule has 2 N–H and O–H groups in total. The monoisotopic (exact) mass is 292 g/mol. The number of carbonyl (C=O) groups is 1. The summed E-state index contributed by atoms with van der Waals surface area (Å²) in [5.74, 6) is 0.780. The molecule has 1 amide bonds. The number of carbonyl (C=O) groups excluding carboxylic acids is 1. The summed E-state index contributed by atoms with van der Waals surface area (Å²) < 4.78 is 10.8. The van der Waals surface area contributed by atoms with Crippen LogP contribution in [0.2, 0.25) is 0 Å². The fourth-order valence-electron chi connectivity index (χ4n) is 2.47. The number of amides is 1. The van der Waals surface area contributed by atoms with Crippen molar-refractivity contribution in [2.75, 3.05) is 13.7 Å². The van der Waals surface area contributed by atoms with Crippen LogP contribution in [0.1, 0.15) is 37.5 Å². The fourth-order valence-corrected chi connectivity index (χ4v) is 2.47. The molecule has 0 aliphatic carbocycles. The number of methoxy groups -OCH3 is 1. The molecular formula is C16H24N2O3. The molecule has 5 heteroatoms. The molecule has 2 rings (SSSR count). The summed E-state index contributed by atoms with van der Waals surface area (Å²) in [6.45, 7) is 7.29. The van der Waals surface area contributed by atoms with E-state index in [1.165, 1.54) is 5.56 Å². The first kappa shape index (κ1) is 15.6. The zero-order chi connectivity index (χ0) is 15.6. The number of hydrogen-bond donors (Lipinski definition) is 1. The van der Waals surface area contributed by atoms with Gasteiger partial charge in [-0.3, -0.25) is 0 Å². The van der Waals surface area contributed by atoms with Crippen LogP contribution in [-0.4, -0.2) is 30.2 Å². The third-order valence-electron chi connectivity index (χ3n) is 3.49. The zero-order valence-electron chi connectivity index (χ0n) is 13.2. The molecule has 0 fully saturated rings. The average Bonchev–Trinajstić information content (AvgIpc) is 2.43. The van der Waals surface area contributed by atoms with Crippen molar-refractivity contribution in [3.05, 3.63) is 28.8 Å². The van der Waals surface area contributed by atoms with Crippen molar-refractivity contribution in [3.63, 3.8) is 0 Å². The molecule has 116 valence electrons. The number of fused-ring (bicyclic) bond motifs is 1. The van der Waals surface area contributed by atoms with Crippen LogP contribution < -0.4 is 10.5 Å². The molecule has 0 bridgehead atoms. The van der Waals surface area contributed by atoms with E-state index in [0.717, 1.165) is 23.3 Å². The van der Waals surface area contributed by atoms with E-state index in [2.05, 4.69) is 6.07 Å². The minimum Gasteiger partial charge on any atom is -0.496 e. The molecule has 0 atom stereocenters. The molecule has 1 aromatic carbocycles. The topological polar surface area (TPSA) is 64.8 Å². The standard InChI is InChI=1S/C16H24N2O3/c1-16(2,3)21-15(19)18-6-5-11-7-12(9-17)14(20-4)8-13(11)10-18/h7-8H,5-6,9-10,17H2,1-4H3. The highest BCUT2D eigenvalue weighted by atomic mass is 16.6. The Labute approximate surface area is 126 Å². The highest BCUT2D eigenvalue weighted by Gasteiger charge is 2.26. The second-order valence-corrected chi connectivity index (χ2v) is 6.29. The Morgan fingerprint density at radius 1 is 1.33 bits per heavy atom. The Balaban J connectivity index is 2.18. The summed E-state index contributed by atoms with van der Waals surface area (Å²) in [6.07, 6.45) is 0.543. The van der Waals surface area contributed by atoms with Crippen molar-refractivity contribution >= 4 is 6.09 Å². The van der Waals surface area contributed by atoms with E-state index in [1.807, 2.05) is 26.8 Å². The lowest BCUT2D eigenvalue weighted by Crippen LogP contribution is -2.39. The molecule has 0 aromatic heterocycles. The lowest BCUT2D eigenvalue weighted by atomic mass is 9.96. The quantitative estimate of drug-likeness (QED) is 0.909. The maximum atomic E-state index is 12.2. The third-order valence-corrected chi connectivity index (χ3v) is 3.49. The highest BCUT2D eigenvalue weighted by molar-refractivity contribution is 5.68. The lowest BCUT2D eigenvalue weighted by Gasteiger charge is -2.31. The summed E-state index contributed by atoms with van der Waals surface area (Å²) in [4.78, 5) is 13.9. The van der Waals surface area contributed by atoms with E-state index >= 15 is 0 Å². The average molecular weight is 292 g/mol. The largest absolute Gasteiger partial charge is 0.496 e. The first-order chi connectivity index (χ1) is 9.84. The van der Waals surface area contributed by atoms with Crippen molar-refractivity contribution < 1.29 is 14.3 Å². The van der Waals surface area contributed by atoms with Gasteiger partial charge in [0.15, 0.2) is 0 Å². The smallest absolute Gasteiger partial charge is 0.410 e. The lowest BCUT2D eigenvalue weighted by molar-refractivity contribution is 0.0224. The predicted molar refractivity (Wildman–Crippen MR) is 81.2 cm³/mol. The van der Waals surface area contributed by atoms with Gasteiger partial charge < -0.3 is 20.1 Å². The van der Waals surface area contributed by atoms with Crippen molar-refractivity contribution in [2.45, 2.75) is 45.9 Å². The number of ether oxygens (including phenoxy) is 2. The molecule has 0 spiro atoms. The number of nitrogens with zero attached hydrogens (tertiary/aromatic N) is 1.